The third kappa shape index (κ3) is 6.71. The van der Waals surface area contributed by atoms with Crippen LogP contribution in [0.15, 0.2) is 106 Å². The van der Waals surface area contributed by atoms with Crippen LogP contribution in [0.5, 0.6) is 0 Å². The Morgan fingerprint density at radius 3 is 1.91 bits per heavy atom. The molecule has 0 fully saturated rings. The second kappa shape index (κ2) is 13.0. The van der Waals surface area contributed by atoms with E-state index >= 15 is 0 Å². The molecule has 0 saturated heterocycles. The van der Waals surface area contributed by atoms with Gasteiger partial charge in [0, 0.05) is 0 Å². The zero-order valence-electron chi connectivity index (χ0n) is 26.5. The predicted molar refractivity (Wildman–Crippen MR) is 190 cm³/mol. The van der Waals surface area contributed by atoms with E-state index in [-0.39, 0.29) is 35.6 Å². The fraction of sp³-hybridized carbons (Fsp3) is 0.275. The largest absolute Gasteiger partial charge is 0.147 e. The maximum atomic E-state index is 2.64. The molecule has 6 rings (SSSR count). The first-order valence-electron chi connectivity index (χ1n) is 15.0. The van der Waals surface area contributed by atoms with Gasteiger partial charge < -0.3 is 0 Å². The standard InChI is InChI=1S/C21H25.C11H9.C8H8.2ClH.Zr/c1-20(2,3)16-9-7-14-11-15-8-10-17(21(4,5)6)13-19(15)18(14)12-16;1-2-6-10(7-3-1)11-8-4-5-9-11;1-2-8-6-4-3-5-7-8;;;/h7,9-10,12-13H,11H2,1-6H3;1-3,6-9H,4H2;3-7H,1H3;2*1H;. The molecule has 222 valence electrons. The molecule has 43 heavy (non-hydrogen) atoms. The third-order valence-electron chi connectivity index (χ3n) is 8.90. The Morgan fingerprint density at radius 1 is 0.674 bits per heavy atom. The van der Waals surface area contributed by atoms with Crippen LogP contribution in [0.2, 0.25) is 0 Å². The van der Waals surface area contributed by atoms with E-state index in [1.807, 2.05) is 0 Å². The van der Waals surface area contributed by atoms with Gasteiger partial charge in [-0.25, -0.2) is 0 Å². The van der Waals surface area contributed by atoms with Crippen molar-refractivity contribution in [3.05, 3.63) is 140 Å². The zero-order valence-corrected chi connectivity index (χ0v) is 30.6. The minimum atomic E-state index is -2.53. The zero-order chi connectivity index (χ0) is 28.9. The van der Waals surface area contributed by atoms with Crippen molar-refractivity contribution in [2.75, 3.05) is 0 Å². The van der Waals surface area contributed by atoms with Crippen LogP contribution in [0, 0.1) is 0 Å². The van der Waals surface area contributed by atoms with Crippen LogP contribution in [0.25, 0.3) is 16.7 Å². The van der Waals surface area contributed by atoms with Crippen molar-refractivity contribution in [3.8, 4) is 11.1 Å². The van der Waals surface area contributed by atoms with Gasteiger partial charge in [-0.1, -0.05) is 0 Å². The van der Waals surface area contributed by atoms with Gasteiger partial charge in [-0.3, -0.25) is 0 Å². The van der Waals surface area contributed by atoms with Crippen LogP contribution in [-0.2, 0) is 38.5 Å². The van der Waals surface area contributed by atoms with Crippen molar-refractivity contribution < 1.29 is 21.3 Å². The summed E-state index contributed by atoms with van der Waals surface area (Å²) in [5.74, 6) is 0. The van der Waals surface area contributed by atoms with Crippen molar-refractivity contribution >= 4 is 36.9 Å². The van der Waals surface area contributed by atoms with Crippen LogP contribution >= 0.6 is 24.8 Å². The molecule has 0 heterocycles. The first kappa shape index (κ1) is 33.6. The molecule has 0 radical (unpaired) electrons. The first-order valence-corrected chi connectivity index (χ1v) is 18.7. The van der Waals surface area contributed by atoms with Gasteiger partial charge in [0.1, 0.15) is 0 Å². The molecule has 0 unspecified atom stereocenters. The number of rotatable bonds is 4. The van der Waals surface area contributed by atoms with E-state index in [4.69, 9.17) is 0 Å². The molecular weight excluding hydrogens is 643 g/mol. The molecule has 4 aromatic carbocycles. The van der Waals surface area contributed by atoms with E-state index in [1.165, 1.54) is 44.5 Å². The monoisotopic (exact) mass is 684 g/mol. The molecular formula is C40H44Cl2Zr. The van der Waals surface area contributed by atoms with E-state index in [0.717, 1.165) is 12.8 Å². The molecule has 4 aromatic rings. The van der Waals surface area contributed by atoms with Crippen molar-refractivity contribution in [2.24, 2.45) is 0 Å². The molecule has 0 bridgehead atoms. The quantitative estimate of drug-likeness (QED) is 0.177. The Bertz CT molecular complexity index is 1730. The van der Waals surface area contributed by atoms with Gasteiger partial charge >= 0.3 is 256 Å². The molecule has 0 aromatic heterocycles. The number of benzene rings is 4. The Kier molecular flexibility index (Phi) is 10.1. The summed E-state index contributed by atoms with van der Waals surface area (Å²) < 4.78 is 4.99. The van der Waals surface area contributed by atoms with Gasteiger partial charge in [-0.2, -0.15) is 0 Å². The molecule has 0 saturated carbocycles. The Morgan fingerprint density at radius 2 is 1.28 bits per heavy atom. The van der Waals surface area contributed by atoms with Crippen LogP contribution in [-0.4, -0.2) is 3.21 Å². The predicted octanol–water partition coefficient (Wildman–Crippen LogP) is 10.6. The first-order chi connectivity index (χ1) is 19.5. The number of hydrogen-bond acceptors (Lipinski definition) is 0. The molecule has 0 atom stereocenters. The van der Waals surface area contributed by atoms with Crippen LogP contribution in [0.4, 0.5) is 0 Å². The SMILES string of the molecule is C/[C](c1ccccc1)=[Zr](\[C]1=CC(c2ccccc2)=CC1)[c]1cc(C(C)(C)C)cc2c1Cc1ccc(C(C)(C)C)cc1-2.Cl.Cl. The summed E-state index contributed by atoms with van der Waals surface area (Å²) in [6, 6.07) is 34.6. The average Bonchev–Trinajstić information content (AvgIpc) is 3.58. The Hall–Kier alpha value is -2.31. The molecule has 0 aliphatic heterocycles. The van der Waals surface area contributed by atoms with Crippen LogP contribution in [0.1, 0.15) is 88.3 Å². The average molecular weight is 687 g/mol. The maximum Gasteiger partial charge on any atom is -0.147 e. The van der Waals surface area contributed by atoms with Gasteiger partial charge in [0.15, 0.2) is 0 Å². The third-order valence-corrected chi connectivity index (χ3v) is 16.3. The molecule has 2 aliphatic rings. The van der Waals surface area contributed by atoms with E-state index in [1.54, 1.807) is 15.3 Å². The molecule has 0 nitrogen and oxygen atoms in total. The topological polar surface area (TPSA) is 0 Å². The summed E-state index contributed by atoms with van der Waals surface area (Å²) in [7, 11) is 0. The molecule has 2 aliphatic carbocycles. The summed E-state index contributed by atoms with van der Waals surface area (Å²) in [6.07, 6.45) is 7.15. The molecule has 0 N–H and O–H groups in total. The number of hydrogen-bond donors (Lipinski definition) is 0. The summed E-state index contributed by atoms with van der Waals surface area (Å²) >= 11 is -2.53. The second-order valence-electron chi connectivity index (χ2n) is 13.9. The van der Waals surface area contributed by atoms with Crippen molar-refractivity contribution in [1.29, 1.82) is 0 Å². The van der Waals surface area contributed by atoms with Gasteiger partial charge in [0.25, 0.3) is 0 Å². The number of fused-ring (bicyclic) bond motifs is 3. The Balaban J connectivity index is 0.00000212. The van der Waals surface area contributed by atoms with Crippen molar-refractivity contribution in [3.63, 3.8) is 0 Å². The molecule has 3 heteroatoms. The second-order valence-corrected chi connectivity index (χ2v) is 20.5. The van der Waals surface area contributed by atoms with Crippen LogP contribution < -0.4 is 3.27 Å². The van der Waals surface area contributed by atoms with E-state index in [0.29, 0.717) is 0 Å². The normalized spacial score (nSPS) is 14.5. The van der Waals surface area contributed by atoms with Gasteiger partial charge in [-0.05, 0) is 0 Å². The summed E-state index contributed by atoms with van der Waals surface area (Å²) in [4.78, 5) is 0. The van der Waals surface area contributed by atoms with Crippen molar-refractivity contribution in [2.45, 2.75) is 72.1 Å². The minimum Gasteiger partial charge on any atom is -0.147 e. The minimum absolute atomic E-state index is 0. The van der Waals surface area contributed by atoms with Crippen molar-refractivity contribution in [1.82, 2.24) is 0 Å². The van der Waals surface area contributed by atoms with Gasteiger partial charge in [-0.15, -0.1) is 24.8 Å². The summed E-state index contributed by atoms with van der Waals surface area (Å²) in [5, 5.41) is 0. The fourth-order valence-electron chi connectivity index (χ4n) is 6.38. The number of halogens is 2. The van der Waals surface area contributed by atoms with Gasteiger partial charge in [0.2, 0.25) is 0 Å². The smallest absolute Gasteiger partial charge is 0.147 e. The fourth-order valence-corrected chi connectivity index (χ4v) is 14.0. The molecule has 0 spiro atoms. The summed E-state index contributed by atoms with van der Waals surface area (Å²) in [6.45, 7) is 16.6. The summed E-state index contributed by atoms with van der Waals surface area (Å²) in [5.41, 5.74) is 13.3. The van der Waals surface area contributed by atoms with Crippen LogP contribution in [0.3, 0.4) is 0 Å². The van der Waals surface area contributed by atoms with E-state index in [2.05, 4.69) is 152 Å². The molecule has 0 amide bonds. The van der Waals surface area contributed by atoms with E-state index < -0.39 is 21.3 Å². The number of allylic oxidation sites excluding steroid dienone is 4. The Labute approximate surface area is 279 Å². The maximum absolute atomic E-state index is 2.64. The van der Waals surface area contributed by atoms with E-state index in [9.17, 15) is 0 Å². The van der Waals surface area contributed by atoms with Gasteiger partial charge in [0.05, 0.1) is 0 Å².